The molecule has 1 aliphatic rings. The van der Waals surface area contributed by atoms with Gasteiger partial charge in [0.15, 0.2) is 5.82 Å². The number of aromatic nitrogens is 4. The fourth-order valence-corrected chi connectivity index (χ4v) is 3.47. The van der Waals surface area contributed by atoms with Gasteiger partial charge < -0.3 is 10.1 Å². The van der Waals surface area contributed by atoms with Gasteiger partial charge in [0.05, 0.1) is 19.2 Å². The molecule has 1 aromatic carbocycles. The van der Waals surface area contributed by atoms with E-state index in [1.165, 1.54) is 4.52 Å². The minimum atomic E-state index is -0.345. The lowest BCUT2D eigenvalue weighted by Gasteiger charge is -2.11. The Balaban J connectivity index is 1.63. The van der Waals surface area contributed by atoms with Crippen molar-refractivity contribution < 1.29 is 9.53 Å². The molecular formula is C19H21N5O3. The normalized spacial score (nSPS) is 14.6. The van der Waals surface area contributed by atoms with Crippen LogP contribution >= 0.6 is 0 Å². The van der Waals surface area contributed by atoms with E-state index < -0.39 is 0 Å². The van der Waals surface area contributed by atoms with Crippen molar-refractivity contribution >= 4 is 11.4 Å². The molecule has 0 radical (unpaired) electrons. The van der Waals surface area contributed by atoms with Crippen LogP contribution in [0.4, 0.5) is 0 Å². The molecule has 1 saturated carbocycles. The van der Waals surface area contributed by atoms with Gasteiger partial charge in [-0.05, 0) is 43.2 Å². The Bertz CT molecular complexity index is 1020. The molecule has 1 fully saturated rings. The SMILES string of the molecule is COc1ccc(-c2cc3c(=O)[nH]nc(CC(=O)NC4CCCC4)n3n2)cc1. The fourth-order valence-electron chi connectivity index (χ4n) is 3.47. The van der Waals surface area contributed by atoms with Crippen LogP contribution in [0.5, 0.6) is 5.75 Å². The van der Waals surface area contributed by atoms with E-state index >= 15 is 0 Å². The predicted molar refractivity (Wildman–Crippen MR) is 99.7 cm³/mol. The van der Waals surface area contributed by atoms with Crippen molar-refractivity contribution in [3.8, 4) is 17.0 Å². The van der Waals surface area contributed by atoms with Gasteiger partial charge in [-0.1, -0.05) is 12.8 Å². The van der Waals surface area contributed by atoms with Gasteiger partial charge in [-0.15, -0.1) is 0 Å². The first kappa shape index (κ1) is 17.3. The van der Waals surface area contributed by atoms with Crippen LogP contribution in [0.15, 0.2) is 35.1 Å². The van der Waals surface area contributed by atoms with Gasteiger partial charge in [-0.25, -0.2) is 9.61 Å². The molecule has 0 bridgehead atoms. The first-order valence-electron chi connectivity index (χ1n) is 9.05. The maximum absolute atomic E-state index is 12.3. The standard InChI is InChI=1S/C19H21N5O3/c1-27-14-8-6-12(7-9-14)15-10-16-19(26)22-21-17(24(16)23-15)11-18(25)20-13-4-2-3-5-13/h6-10,13H,2-5,11H2,1H3,(H,20,25)(H,22,26). The Morgan fingerprint density at radius 2 is 2.04 bits per heavy atom. The van der Waals surface area contributed by atoms with Crippen molar-refractivity contribution in [2.75, 3.05) is 7.11 Å². The Morgan fingerprint density at radius 3 is 2.74 bits per heavy atom. The van der Waals surface area contributed by atoms with Gasteiger partial charge in [0.25, 0.3) is 5.56 Å². The maximum atomic E-state index is 12.3. The maximum Gasteiger partial charge on any atom is 0.290 e. The van der Waals surface area contributed by atoms with Crippen LogP contribution in [0.25, 0.3) is 16.8 Å². The van der Waals surface area contributed by atoms with Crippen molar-refractivity contribution in [1.29, 1.82) is 0 Å². The Kier molecular flexibility index (Phi) is 4.62. The van der Waals surface area contributed by atoms with Crippen molar-refractivity contribution in [3.05, 3.63) is 46.5 Å². The molecule has 0 spiro atoms. The van der Waals surface area contributed by atoms with E-state index in [-0.39, 0.29) is 23.9 Å². The lowest BCUT2D eigenvalue weighted by atomic mass is 10.1. The van der Waals surface area contributed by atoms with Crippen LogP contribution in [-0.4, -0.2) is 38.9 Å². The number of aromatic amines is 1. The van der Waals surface area contributed by atoms with Crippen LogP contribution < -0.4 is 15.6 Å². The molecular weight excluding hydrogens is 346 g/mol. The first-order valence-corrected chi connectivity index (χ1v) is 9.05. The van der Waals surface area contributed by atoms with Crippen molar-refractivity contribution in [3.63, 3.8) is 0 Å². The molecule has 1 amide bonds. The second kappa shape index (κ2) is 7.22. The number of hydrogen-bond donors (Lipinski definition) is 2. The predicted octanol–water partition coefficient (Wildman–Crippen LogP) is 1.69. The summed E-state index contributed by atoms with van der Waals surface area (Å²) in [5.74, 6) is 1.04. The number of ether oxygens (including phenoxy) is 1. The number of rotatable bonds is 5. The topological polar surface area (TPSA) is 101 Å². The fraction of sp³-hybridized carbons (Fsp3) is 0.368. The zero-order valence-corrected chi connectivity index (χ0v) is 15.1. The summed E-state index contributed by atoms with van der Waals surface area (Å²) in [5, 5.41) is 14.0. The molecule has 3 aromatic rings. The summed E-state index contributed by atoms with van der Waals surface area (Å²) >= 11 is 0. The quantitative estimate of drug-likeness (QED) is 0.715. The van der Waals surface area contributed by atoms with E-state index in [4.69, 9.17) is 4.74 Å². The largest absolute Gasteiger partial charge is 0.497 e. The summed E-state index contributed by atoms with van der Waals surface area (Å²) in [6.45, 7) is 0. The summed E-state index contributed by atoms with van der Waals surface area (Å²) < 4.78 is 6.62. The lowest BCUT2D eigenvalue weighted by Crippen LogP contribution is -2.34. The number of nitrogens with one attached hydrogen (secondary N) is 2. The van der Waals surface area contributed by atoms with Crippen molar-refractivity contribution in [2.45, 2.75) is 38.1 Å². The molecule has 8 heteroatoms. The third-order valence-electron chi connectivity index (χ3n) is 4.90. The summed E-state index contributed by atoms with van der Waals surface area (Å²) in [6.07, 6.45) is 4.40. The number of fused-ring (bicyclic) bond motifs is 1. The van der Waals surface area contributed by atoms with E-state index in [1.807, 2.05) is 24.3 Å². The van der Waals surface area contributed by atoms with Crippen LogP contribution in [0.2, 0.25) is 0 Å². The molecule has 1 aliphatic carbocycles. The van der Waals surface area contributed by atoms with Crippen LogP contribution in [0.1, 0.15) is 31.5 Å². The molecule has 27 heavy (non-hydrogen) atoms. The summed E-state index contributed by atoms with van der Waals surface area (Å²) in [5.41, 5.74) is 1.50. The number of carbonyl (C=O) groups is 1. The van der Waals surface area contributed by atoms with E-state index in [0.29, 0.717) is 17.0 Å². The van der Waals surface area contributed by atoms with Gasteiger partial charge in [0.1, 0.15) is 11.3 Å². The average molecular weight is 367 g/mol. The van der Waals surface area contributed by atoms with E-state index in [1.54, 1.807) is 13.2 Å². The van der Waals surface area contributed by atoms with Gasteiger partial charge >= 0.3 is 0 Å². The molecule has 4 rings (SSSR count). The smallest absolute Gasteiger partial charge is 0.290 e. The Hall–Kier alpha value is -3.16. The minimum Gasteiger partial charge on any atom is -0.497 e. The first-order chi connectivity index (χ1) is 13.1. The zero-order chi connectivity index (χ0) is 18.8. The third-order valence-corrected chi connectivity index (χ3v) is 4.90. The molecule has 0 atom stereocenters. The van der Waals surface area contributed by atoms with Gasteiger partial charge in [-0.3, -0.25) is 9.59 Å². The summed E-state index contributed by atoms with van der Waals surface area (Å²) in [7, 11) is 1.61. The monoisotopic (exact) mass is 367 g/mol. The number of methoxy groups -OCH3 is 1. The summed E-state index contributed by atoms with van der Waals surface area (Å²) in [6, 6.07) is 9.34. The number of amides is 1. The van der Waals surface area contributed by atoms with Crippen molar-refractivity contribution in [1.82, 2.24) is 25.1 Å². The second-order valence-electron chi connectivity index (χ2n) is 6.75. The van der Waals surface area contributed by atoms with Gasteiger partial charge in [0, 0.05) is 11.6 Å². The zero-order valence-electron chi connectivity index (χ0n) is 15.1. The Labute approximate surface area is 155 Å². The number of benzene rings is 1. The highest BCUT2D eigenvalue weighted by atomic mass is 16.5. The van der Waals surface area contributed by atoms with Crippen molar-refractivity contribution in [2.24, 2.45) is 0 Å². The number of nitrogens with zero attached hydrogens (tertiary/aromatic N) is 3. The highest BCUT2D eigenvalue weighted by Gasteiger charge is 2.19. The highest BCUT2D eigenvalue weighted by Crippen LogP contribution is 2.22. The second-order valence-corrected chi connectivity index (χ2v) is 6.75. The summed E-state index contributed by atoms with van der Waals surface area (Å²) in [4.78, 5) is 24.5. The molecule has 2 aromatic heterocycles. The highest BCUT2D eigenvalue weighted by molar-refractivity contribution is 5.78. The minimum absolute atomic E-state index is 0.0630. The molecule has 0 saturated heterocycles. The molecule has 0 aliphatic heterocycles. The molecule has 8 nitrogen and oxygen atoms in total. The van der Waals surface area contributed by atoms with Crippen LogP contribution in [0.3, 0.4) is 0 Å². The Morgan fingerprint density at radius 1 is 1.30 bits per heavy atom. The van der Waals surface area contributed by atoms with Gasteiger partial charge in [0.2, 0.25) is 5.91 Å². The third kappa shape index (κ3) is 3.55. The average Bonchev–Trinajstić information content (AvgIpc) is 3.34. The number of H-pyrrole nitrogens is 1. The number of carbonyl (C=O) groups excluding carboxylic acids is 1. The van der Waals surface area contributed by atoms with E-state index in [9.17, 15) is 9.59 Å². The molecule has 0 unspecified atom stereocenters. The molecule has 2 N–H and O–H groups in total. The number of hydrogen-bond acceptors (Lipinski definition) is 5. The van der Waals surface area contributed by atoms with Crippen LogP contribution in [-0.2, 0) is 11.2 Å². The van der Waals surface area contributed by atoms with E-state index in [2.05, 4.69) is 20.6 Å². The molecule has 140 valence electrons. The lowest BCUT2D eigenvalue weighted by molar-refractivity contribution is -0.121. The van der Waals surface area contributed by atoms with Gasteiger partial charge in [-0.2, -0.15) is 10.2 Å². The van der Waals surface area contributed by atoms with Crippen LogP contribution in [0, 0.1) is 0 Å². The van der Waals surface area contributed by atoms with E-state index in [0.717, 1.165) is 37.0 Å². The molecule has 2 heterocycles.